The Morgan fingerprint density at radius 1 is 1.03 bits per heavy atom. The highest BCUT2D eigenvalue weighted by atomic mass is 35.5. The van der Waals surface area contributed by atoms with Gasteiger partial charge in [-0.3, -0.25) is 0 Å². The first kappa shape index (κ1) is 22.3. The van der Waals surface area contributed by atoms with Crippen molar-refractivity contribution in [2.75, 3.05) is 0 Å². The van der Waals surface area contributed by atoms with Gasteiger partial charge in [0.05, 0.1) is 10.5 Å². The smallest absolute Gasteiger partial charge is 0.417 e. The van der Waals surface area contributed by atoms with E-state index in [2.05, 4.69) is 4.98 Å². The van der Waals surface area contributed by atoms with Crippen molar-refractivity contribution in [2.45, 2.75) is 11.1 Å². The highest BCUT2D eigenvalue weighted by Gasteiger charge is 2.30. The van der Waals surface area contributed by atoms with E-state index in [1.165, 1.54) is 54.6 Å². The summed E-state index contributed by atoms with van der Waals surface area (Å²) in [5, 5.41) is 9.69. The molecule has 1 heterocycles. The maximum Gasteiger partial charge on any atom is 0.417 e. The molecule has 158 valence electrons. The molecule has 31 heavy (non-hydrogen) atoms. The highest BCUT2D eigenvalue weighted by Crippen LogP contribution is 2.30. The fraction of sp³-hybridized carbons (Fsp3) is 0.0476. The molecule has 0 aliphatic heterocycles. The molecular formula is C21H12ClF3N2O3S. The number of sulfone groups is 1. The van der Waals surface area contributed by atoms with Gasteiger partial charge in [0.25, 0.3) is 0 Å². The molecule has 0 saturated carbocycles. The van der Waals surface area contributed by atoms with Crippen LogP contribution in [0.2, 0.25) is 5.02 Å². The van der Waals surface area contributed by atoms with Gasteiger partial charge in [0.15, 0.2) is 0 Å². The number of alkyl halides is 3. The Morgan fingerprint density at radius 3 is 2.19 bits per heavy atom. The van der Waals surface area contributed by atoms with Crippen molar-refractivity contribution >= 4 is 27.5 Å². The van der Waals surface area contributed by atoms with Crippen molar-refractivity contribution in [2.24, 2.45) is 0 Å². The summed E-state index contributed by atoms with van der Waals surface area (Å²) in [6.45, 7) is 0. The first-order valence-electron chi connectivity index (χ1n) is 8.53. The van der Waals surface area contributed by atoms with Gasteiger partial charge in [0.2, 0.25) is 15.7 Å². The van der Waals surface area contributed by atoms with Crippen LogP contribution < -0.4 is 4.74 Å². The summed E-state index contributed by atoms with van der Waals surface area (Å²) < 4.78 is 68.4. The molecule has 1 aromatic heterocycles. The molecule has 0 saturated heterocycles. The summed E-state index contributed by atoms with van der Waals surface area (Å²) in [5.41, 5.74) is -0.493. The molecule has 0 N–H and O–H groups in total. The standard InChI is InChI=1S/C21H12ClF3N2O3S/c22-16-4-8-18(9-5-16)31(28,29)19(12-26)11-14-1-6-17(7-2-14)30-20-10-3-15(13-27-20)21(23,24)25/h1-11,13H/b19-11-. The Bertz CT molecular complexity index is 1250. The molecule has 0 aliphatic rings. The molecule has 3 aromatic rings. The lowest BCUT2D eigenvalue weighted by atomic mass is 10.2. The zero-order chi connectivity index (χ0) is 22.6. The number of benzene rings is 2. The van der Waals surface area contributed by atoms with Crippen LogP contribution in [0, 0.1) is 11.3 Å². The maximum absolute atomic E-state index is 12.6. The monoisotopic (exact) mass is 464 g/mol. The van der Waals surface area contributed by atoms with E-state index in [4.69, 9.17) is 16.3 Å². The molecule has 0 radical (unpaired) electrons. The van der Waals surface area contributed by atoms with Crippen LogP contribution >= 0.6 is 11.6 Å². The second-order valence-corrected chi connectivity index (χ2v) is 8.49. The summed E-state index contributed by atoms with van der Waals surface area (Å²) in [7, 11) is -4.03. The van der Waals surface area contributed by atoms with Gasteiger partial charge in [-0.05, 0) is 54.1 Å². The molecule has 5 nitrogen and oxygen atoms in total. The van der Waals surface area contributed by atoms with Crippen LogP contribution in [0.3, 0.4) is 0 Å². The lowest BCUT2D eigenvalue weighted by molar-refractivity contribution is -0.137. The number of rotatable bonds is 5. The molecule has 0 bridgehead atoms. The molecule has 0 atom stereocenters. The van der Waals surface area contributed by atoms with Crippen LogP contribution in [0.25, 0.3) is 6.08 Å². The largest absolute Gasteiger partial charge is 0.439 e. The van der Waals surface area contributed by atoms with Crippen LogP contribution in [-0.4, -0.2) is 13.4 Å². The lowest BCUT2D eigenvalue weighted by Gasteiger charge is -2.08. The van der Waals surface area contributed by atoms with Gasteiger partial charge in [-0.25, -0.2) is 13.4 Å². The second-order valence-electron chi connectivity index (χ2n) is 6.13. The van der Waals surface area contributed by atoms with Crippen LogP contribution in [0.4, 0.5) is 13.2 Å². The number of ether oxygens (including phenoxy) is 1. The third kappa shape index (κ3) is 5.42. The highest BCUT2D eigenvalue weighted by molar-refractivity contribution is 7.95. The van der Waals surface area contributed by atoms with Crippen molar-refractivity contribution in [1.82, 2.24) is 4.98 Å². The number of allylic oxidation sites excluding steroid dienone is 1. The molecule has 10 heteroatoms. The van der Waals surface area contributed by atoms with Crippen molar-refractivity contribution in [3.8, 4) is 17.7 Å². The number of nitrogens with zero attached hydrogens (tertiary/aromatic N) is 2. The number of pyridine rings is 1. The summed E-state index contributed by atoms with van der Waals surface area (Å²) in [5.74, 6) is 0.225. The van der Waals surface area contributed by atoms with Crippen LogP contribution in [0.5, 0.6) is 11.6 Å². The predicted octanol–water partition coefficient (Wildman–Crippen LogP) is 5.88. The number of aromatic nitrogens is 1. The van der Waals surface area contributed by atoms with E-state index in [1.807, 2.05) is 0 Å². The van der Waals surface area contributed by atoms with E-state index in [1.54, 1.807) is 6.07 Å². The summed E-state index contributed by atoms with van der Waals surface area (Å²) >= 11 is 5.76. The maximum atomic E-state index is 12.6. The average molecular weight is 465 g/mol. The van der Waals surface area contributed by atoms with E-state index < -0.39 is 26.5 Å². The van der Waals surface area contributed by atoms with Crippen LogP contribution in [0.1, 0.15) is 11.1 Å². The summed E-state index contributed by atoms with van der Waals surface area (Å²) in [6, 6.07) is 15.0. The first-order chi connectivity index (χ1) is 14.6. The Labute approximate surface area is 180 Å². The molecule has 0 amide bonds. The van der Waals surface area contributed by atoms with Gasteiger partial charge in [-0.1, -0.05) is 23.7 Å². The molecule has 0 unspecified atom stereocenters. The van der Waals surface area contributed by atoms with Gasteiger partial charge in [-0.2, -0.15) is 18.4 Å². The Kier molecular flexibility index (Phi) is 6.34. The molecular weight excluding hydrogens is 453 g/mol. The van der Waals surface area contributed by atoms with Gasteiger partial charge in [-0.15, -0.1) is 0 Å². The first-order valence-corrected chi connectivity index (χ1v) is 10.4. The van der Waals surface area contributed by atoms with E-state index >= 15 is 0 Å². The molecule has 0 aliphatic carbocycles. The Hall–Kier alpha value is -3.35. The van der Waals surface area contributed by atoms with Gasteiger partial charge < -0.3 is 4.74 Å². The normalized spacial score (nSPS) is 12.3. The van der Waals surface area contributed by atoms with E-state index in [-0.39, 0.29) is 16.5 Å². The molecule has 2 aromatic carbocycles. The van der Waals surface area contributed by atoms with Gasteiger partial charge in [0.1, 0.15) is 16.7 Å². The van der Waals surface area contributed by atoms with Crippen molar-refractivity contribution in [1.29, 1.82) is 5.26 Å². The molecule has 3 rings (SSSR count). The minimum absolute atomic E-state index is 0.0423. The van der Waals surface area contributed by atoms with Gasteiger partial charge in [0, 0.05) is 17.3 Å². The minimum Gasteiger partial charge on any atom is -0.439 e. The third-order valence-corrected chi connectivity index (χ3v) is 5.92. The number of hydrogen-bond acceptors (Lipinski definition) is 5. The lowest BCUT2D eigenvalue weighted by Crippen LogP contribution is -2.05. The van der Waals surface area contributed by atoms with E-state index in [0.29, 0.717) is 16.8 Å². The SMILES string of the molecule is N#C/C(=C/c1ccc(Oc2ccc(C(F)(F)F)cn2)cc1)S(=O)(=O)c1ccc(Cl)cc1. The molecule has 0 fully saturated rings. The average Bonchev–Trinajstić information content (AvgIpc) is 2.73. The van der Waals surface area contributed by atoms with Crippen molar-refractivity contribution < 1.29 is 26.3 Å². The Balaban J connectivity index is 1.79. The van der Waals surface area contributed by atoms with Gasteiger partial charge >= 0.3 is 6.18 Å². The third-order valence-electron chi connectivity index (χ3n) is 3.99. The zero-order valence-corrected chi connectivity index (χ0v) is 17.0. The summed E-state index contributed by atoms with van der Waals surface area (Å²) in [4.78, 5) is 3.07. The Morgan fingerprint density at radius 2 is 1.68 bits per heavy atom. The van der Waals surface area contributed by atoms with E-state index in [9.17, 15) is 26.9 Å². The van der Waals surface area contributed by atoms with Crippen LogP contribution in [-0.2, 0) is 16.0 Å². The minimum atomic E-state index is -4.50. The number of nitriles is 1. The molecule has 0 spiro atoms. The summed E-state index contributed by atoms with van der Waals surface area (Å²) in [6.07, 6.45) is -2.64. The fourth-order valence-corrected chi connectivity index (χ4v) is 3.71. The van der Waals surface area contributed by atoms with Crippen molar-refractivity contribution in [3.05, 3.63) is 87.9 Å². The number of hydrogen-bond donors (Lipinski definition) is 0. The topological polar surface area (TPSA) is 80.0 Å². The fourth-order valence-electron chi connectivity index (χ4n) is 2.42. The number of halogens is 4. The second kappa shape index (κ2) is 8.79. The van der Waals surface area contributed by atoms with Crippen molar-refractivity contribution in [3.63, 3.8) is 0 Å². The predicted molar refractivity (Wildman–Crippen MR) is 108 cm³/mol. The quantitative estimate of drug-likeness (QED) is 0.440. The zero-order valence-electron chi connectivity index (χ0n) is 15.5. The van der Waals surface area contributed by atoms with E-state index in [0.717, 1.165) is 12.1 Å². The van der Waals surface area contributed by atoms with Crippen LogP contribution in [0.15, 0.2) is 76.7 Å².